The van der Waals surface area contributed by atoms with Crippen LogP contribution in [0.15, 0.2) is 18.3 Å². The van der Waals surface area contributed by atoms with Crippen molar-refractivity contribution < 1.29 is 0 Å². The van der Waals surface area contributed by atoms with Crippen LogP contribution < -0.4 is 5.32 Å². The Morgan fingerprint density at radius 2 is 2.29 bits per heavy atom. The van der Waals surface area contributed by atoms with Crippen molar-refractivity contribution in [1.82, 2.24) is 19.7 Å². The van der Waals surface area contributed by atoms with Crippen molar-refractivity contribution in [2.75, 3.05) is 5.32 Å². The smallest absolute Gasteiger partial charge is 0.144 e. The second-order valence-electron chi connectivity index (χ2n) is 5.63. The number of pyridine rings is 1. The molecular formula is C15H18N6. The third kappa shape index (κ3) is 2.59. The van der Waals surface area contributed by atoms with Crippen LogP contribution in [0.3, 0.4) is 0 Å². The van der Waals surface area contributed by atoms with Gasteiger partial charge in [0.2, 0.25) is 0 Å². The summed E-state index contributed by atoms with van der Waals surface area (Å²) in [5.41, 5.74) is 0.580. The van der Waals surface area contributed by atoms with E-state index in [0.717, 1.165) is 31.0 Å². The summed E-state index contributed by atoms with van der Waals surface area (Å²) in [5, 5.41) is 21.1. The summed E-state index contributed by atoms with van der Waals surface area (Å²) >= 11 is 0. The van der Waals surface area contributed by atoms with Gasteiger partial charge in [-0.1, -0.05) is 13.8 Å². The molecule has 0 aliphatic carbocycles. The van der Waals surface area contributed by atoms with Gasteiger partial charge in [-0.3, -0.25) is 0 Å². The summed E-state index contributed by atoms with van der Waals surface area (Å²) in [5.74, 6) is 3.10. The number of rotatable bonds is 3. The first-order valence-corrected chi connectivity index (χ1v) is 7.22. The fourth-order valence-electron chi connectivity index (χ4n) is 2.70. The van der Waals surface area contributed by atoms with E-state index in [0.29, 0.717) is 17.3 Å². The molecule has 0 saturated carbocycles. The van der Waals surface area contributed by atoms with Crippen molar-refractivity contribution in [2.45, 2.75) is 45.2 Å². The molecule has 1 aliphatic heterocycles. The van der Waals surface area contributed by atoms with Gasteiger partial charge >= 0.3 is 0 Å². The number of aryl methyl sites for hydroxylation is 1. The first-order valence-electron chi connectivity index (χ1n) is 7.22. The molecule has 21 heavy (non-hydrogen) atoms. The number of fused-ring (bicyclic) bond motifs is 1. The Hall–Kier alpha value is -2.42. The lowest BCUT2D eigenvalue weighted by Crippen LogP contribution is -2.32. The monoisotopic (exact) mass is 282 g/mol. The van der Waals surface area contributed by atoms with Crippen LogP contribution in [0.5, 0.6) is 0 Å². The molecule has 108 valence electrons. The van der Waals surface area contributed by atoms with Crippen LogP contribution in [0.4, 0.5) is 5.82 Å². The summed E-state index contributed by atoms with van der Waals surface area (Å²) in [6, 6.07) is 5.97. The first kappa shape index (κ1) is 13.6. The van der Waals surface area contributed by atoms with Crippen LogP contribution >= 0.6 is 0 Å². The first-order chi connectivity index (χ1) is 10.2. The maximum absolute atomic E-state index is 9.13. The highest BCUT2D eigenvalue weighted by Gasteiger charge is 2.24. The predicted octanol–water partition coefficient (Wildman–Crippen LogP) is 2.10. The zero-order chi connectivity index (χ0) is 14.8. The number of nitrogens with one attached hydrogen (secondary N) is 1. The maximum Gasteiger partial charge on any atom is 0.144 e. The normalized spacial score (nSPS) is 17.3. The van der Waals surface area contributed by atoms with Gasteiger partial charge in [0.15, 0.2) is 0 Å². The third-order valence-corrected chi connectivity index (χ3v) is 3.76. The van der Waals surface area contributed by atoms with Crippen LogP contribution in [0.2, 0.25) is 0 Å². The number of nitrogens with zero attached hydrogens (tertiary/aromatic N) is 5. The van der Waals surface area contributed by atoms with E-state index >= 15 is 0 Å². The van der Waals surface area contributed by atoms with Crippen molar-refractivity contribution in [3.63, 3.8) is 0 Å². The van der Waals surface area contributed by atoms with Crippen LogP contribution in [-0.2, 0) is 13.0 Å². The Balaban J connectivity index is 1.80. The van der Waals surface area contributed by atoms with Crippen LogP contribution in [0.1, 0.15) is 43.4 Å². The fourth-order valence-corrected chi connectivity index (χ4v) is 2.70. The standard InChI is InChI=1S/C15H18N6/c1-10(2)15-20-19-13-6-5-12(9-21(13)15)18-14-11(8-16)4-3-7-17-14/h3-4,7,10,12H,5-6,9H2,1-2H3,(H,17,18). The van der Waals surface area contributed by atoms with Gasteiger partial charge in [0.05, 0.1) is 5.56 Å². The lowest BCUT2D eigenvalue weighted by atomic mass is 10.1. The second kappa shape index (κ2) is 5.52. The quantitative estimate of drug-likeness (QED) is 0.932. The van der Waals surface area contributed by atoms with E-state index in [1.54, 1.807) is 18.3 Å². The molecule has 2 aromatic heterocycles. The Labute approximate surface area is 123 Å². The van der Waals surface area contributed by atoms with Gasteiger partial charge in [-0.2, -0.15) is 5.26 Å². The van der Waals surface area contributed by atoms with Gasteiger partial charge in [-0.05, 0) is 18.6 Å². The van der Waals surface area contributed by atoms with Crippen molar-refractivity contribution in [3.8, 4) is 6.07 Å². The molecule has 0 radical (unpaired) electrons. The second-order valence-corrected chi connectivity index (χ2v) is 5.63. The minimum Gasteiger partial charge on any atom is -0.364 e. The molecule has 0 aromatic carbocycles. The van der Waals surface area contributed by atoms with Gasteiger partial charge < -0.3 is 9.88 Å². The average Bonchev–Trinajstić information content (AvgIpc) is 2.91. The largest absolute Gasteiger partial charge is 0.364 e. The van der Waals surface area contributed by atoms with Crippen LogP contribution in [0, 0.1) is 11.3 Å². The summed E-state index contributed by atoms with van der Waals surface area (Å²) in [7, 11) is 0. The molecule has 0 saturated heterocycles. The highest BCUT2D eigenvalue weighted by atomic mass is 15.3. The molecule has 0 amide bonds. The molecule has 6 heteroatoms. The molecular weight excluding hydrogens is 264 g/mol. The number of hydrogen-bond donors (Lipinski definition) is 1. The van der Waals surface area contributed by atoms with E-state index in [2.05, 4.69) is 45.0 Å². The molecule has 1 aliphatic rings. The molecule has 0 spiro atoms. The molecule has 6 nitrogen and oxygen atoms in total. The Kier molecular flexibility index (Phi) is 3.57. The van der Waals surface area contributed by atoms with Crippen LogP contribution in [-0.4, -0.2) is 25.8 Å². The third-order valence-electron chi connectivity index (χ3n) is 3.76. The van der Waals surface area contributed by atoms with Crippen molar-refractivity contribution in [3.05, 3.63) is 35.5 Å². The minimum atomic E-state index is 0.244. The molecule has 1 unspecified atom stereocenters. The SMILES string of the molecule is CC(C)c1nnc2n1CC(Nc1ncccc1C#N)CC2. The summed E-state index contributed by atoms with van der Waals surface area (Å²) in [6.07, 6.45) is 3.57. The van der Waals surface area contributed by atoms with E-state index < -0.39 is 0 Å². The lowest BCUT2D eigenvalue weighted by molar-refractivity contribution is 0.458. The topological polar surface area (TPSA) is 79.4 Å². The molecule has 0 fully saturated rings. The number of nitriles is 1. The number of anilines is 1. The van der Waals surface area contributed by atoms with E-state index in [1.807, 2.05) is 0 Å². The molecule has 0 bridgehead atoms. The molecule has 1 atom stereocenters. The average molecular weight is 282 g/mol. The van der Waals surface area contributed by atoms with Crippen molar-refractivity contribution in [2.24, 2.45) is 0 Å². The summed E-state index contributed by atoms with van der Waals surface area (Å²) in [4.78, 5) is 4.27. The zero-order valence-electron chi connectivity index (χ0n) is 12.2. The van der Waals surface area contributed by atoms with Gasteiger partial charge in [-0.15, -0.1) is 10.2 Å². The lowest BCUT2D eigenvalue weighted by Gasteiger charge is -2.26. The summed E-state index contributed by atoms with van der Waals surface area (Å²) in [6.45, 7) is 5.07. The van der Waals surface area contributed by atoms with Gasteiger partial charge in [0.1, 0.15) is 23.5 Å². The summed E-state index contributed by atoms with van der Waals surface area (Å²) < 4.78 is 2.20. The molecule has 3 rings (SSSR count). The van der Waals surface area contributed by atoms with Gasteiger partial charge in [-0.25, -0.2) is 4.98 Å². The Morgan fingerprint density at radius 1 is 1.43 bits per heavy atom. The minimum absolute atomic E-state index is 0.244. The predicted molar refractivity (Wildman–Crippen MR) is 78.8 cm³/mol. The maximum atomic E-state index is 9.13. The van der Waals surface area contributed by atoms with Crippen molar-refractivity contribution in [1.29, 1.82) is 5.26 Å². The van der Waals surface area contributed by atoms with E-state index in [4.69, 9.17) is 5.26 Å². The molecule has 3 heterocycles. The fraction of sp³-hybridized carbons (Fsp3) is 0.467. The number of hydrogen-bond acceptors (Lipinski definition) is 5. The van der Waals surface area contributed by atoms with E-state index in [9.17, 15) is 0 Å². The number of aromatic nitrogens is 4. The van der Waals surface area contributed by atoms with Gasteiger partial charge in [0.25, 0.3) is 0 Å². The Morgan fingerprint density at radius 3 is 3.05 bits per heavy atom. The van der Waals surface area contributed by atoms with E-state index in [1.165, 1.54) is 0 Å². The van der Waals surface area contributed by atoms with Gasteiger partial charge in [0, 0.05) is 31.1 Å². The Bertz CT molecular complexity index is 682. The molecule has 1 N–H and O–H groups in total. The van der Waals surface area contributed by atoms with E-state index in [-0.39, 0.29) is 6.04 Å². The zero-order valence-corrected chi connectivity index (χ0v) is 12.2. The van der Waals surface area contributed by atoms with Crippen LogP contribution in [0.25, 0.3) is 0 Å². The molecule has 2 aromatic rings. The highest BCUT2D eigenvalue weighted by molar-refractivity contribution is 5.51. The highest BCUT2D eigenvalue weighted by Crippen LogP contribution is 2.22. The van der Waals surface area contributed by atoms with Crippen molar-refractivity contribution >= 4 is 5.82 Å².